The second-order valence-electron chi connectivity index (χ2n) is 4.08. The van der Waals surface area contributed by atoms with Crippen LogP contribution in [0.25, 0.3) is 6.08 Å². The van der Waals surface area contributed by atoms with E-state index in [1.807, 2.05) is 13.2 Å². The van der Waals surface area contributed by atoms with E-state index in [2.05, 4.69) is 10.4 Å². The van der Waals surface area contributed by atoms with Gasteiger partial charge in [0, 0.05) is 36.3 Å². The van der Waals surface area contributed by atoms with Gasteiger partial charge in [0.15, 0.2) is 0 Å². The molecule has 20 heavy (non-hydrogen) atoms. The lowest BCUT2D eigenvalue weighted by Crippen LogP contribution is -2.21. The van der Waals surface area contributed by atoms with Crippen LogP contribution in [0.2, 0.25) is 0 Å². The van der Waals surface area contributed by atoms with Crippen molar-refractivity contribution in [2.24, 2.45) is 7.05 Å². The number of hydrogen-bond donors (Lipinski definition) is 2. The number of carbonyl (C=O) groups excluding carboxylic acids is 1. The summed E-state index contributed by atoms with van der Waals surface area (Å²) >= 11 is 1.24. The first-order chi connectivity index (χ1) is 9.54. The number of amides is 1. The zero-order chi connectivity index (χ0) is 14.5. The van der Waals surface area contributed by atoms with Gasteiger partial charge < -0.3 is 10.4 Å². The van der Waals surface area contributed by atoms with Crippen LogP contribution in [0.5, 0.6) is 0 Å². The first-order valence-electron chi connectivity index (χ1n) is 5.81. The summed E-state index contributed by atoms with van der Waals surface area (Å²) in [6.45, 7) is 0.408. The zero-order valence-electron chi connectivity index (χ0n) is 10.7. The molecule has 2 N–H and O–H groups in total. The molecule has 0 atom stereocenters. The van der Waals surface area contributed by atoms with Crippen LogP contribution in [-0.4, -0.2) is 26.8 Å². The summed E-state index contributed by atoms with van der Waals surface area (Å²) in [5.74, 6) is -1.20. The van der Waals surface area contributed by atoms with Crippen LogP contribution in [0.15, 0.2) is 30.6 Å². The average Bonchev–Trinajstić information content (AvgIpc) is 3.02. The topological polar surface area (TPSA) is 84.2 Å². The van der Waals surface area contributed by atoms with Crippen molar-refractivity contribution in [3.05, 3.63) is 45.9 Å². The molecule has 0 unspecified atom stereocenters. The van der Waals surface area contributed by atoms with Gasteiger partial charge in [-0.25, -0.2) is 4.79 Å². The molecule has 0 fully saturated rings. The molecule has 0 spiro atoms. The molecule has 6 nitrogen and oxygen atoms in total. The highest BCUT2D eigenvalue weighted by atomic mass is 32.1. The minimum Gasteiger partial charge on any atom is -0.478 e. The molecule has 0 saturated heterocycles. The first kappa shape index (κ1) is 14.0. The Bertz CT molecular complexity index is 657. The molecule has 2 aromatic rings. The molecular formula is C13H13N3O3S. The first-order valence-corrected chi connectivity index (χ1v) is 6.63. The van der Waals surface area contributed by atoms with E-state index in [0.717, 1.165) is 16.5 Å². The number of aliphatic carboxylic acids is 1. The number of nitrogens with zero attached hydrogens (tertiary/aromatic N) is 2. The Morgan fingerprint density at radius 1 is 1.50 bits per heavy atom. The molecule has 2 aromatic heterocycles. The number of aryl methyl sites for hydroxylation is 1. The van der Waals surface area contributed by atoms with Gasteiger partial charge in [0.05, 0.1) is 11.1 Å². The molecule has 2 rings (SSSR count). The molecule has 104 valence electrons. The maximum Gasteiger partial charge on any atom is 0.328 e. The van der Waals surface area contributed by atoms with Crippen molar-refractivity contribution < 1.29 is 14.7 Å². The maximum atomic E-state index is 11.9. The number of nitrogens with one attached hydrogen (secondary N) is 1. The second kappa shape index (κ2) is 6.16. The number of carboxylic acids is 1. The van der Waals surface area contributed by atoms with Gasteiger partial charge in [-0.2, -0.15) is 5.10 Å². The number of rotatable bonds is 5. The Morgan fingerprint density at radius 2 is 2.30 bits per heavy atom. The van der Waals surface area contributed by atoms with Crippen LogP contribution in [0.3, 0.4) is 0 Å². The van der Waals surface area contributed by atoms with Crippen molar-refractivity contribution in [1.29, 1.82) is 0 Å². The van der Waals surface area contributed by atoms with Gasteiger partial charge in [-0.1, -0.05) is 0 Å². The van der Waals surface area contributed by atoms with Crippen molar-refractivity contribution in [3.8, 4) is 0 Å². The summed E-state index contributed by atoms with van der Waals surface area (Å²) in [7, 11) is 1.81. The predicted octanol–water partition coefficient (Wildman–Crippen LogP) is 1.51. The predicted molar refractivity (Wildman–Crippen MR) is 75.4 cm³/mol. The van der Waals surface area contributed by atoms with E-state index >= 15 is 0 Å². The van der Waals surface area contributed by atoms with E-state index in [1.54, 1.807) is 23.0 Å². The normalized spacial score (nSPS) is 10.8. The molecule has 0 radical (unpaired) electrons. The smallest absolute Gasteiger partial charge is 0.328 e. The van der Waals surface area contributed by atoms with Crippen LogP contribution in [0.1, 0.15) is 20.1 Å². The van der Waals surface area contributed by atoms with Gasteiger partial charge in [-0.15, -0.1) is 11.3 Å². The molecule has 0 bridgehead atoms. The number of carbonyl (C=O) groups is 2. The van der Waals surface area contributed by atoms with Crippen LogP contribution >= 0.6 is 11.3 Å². The standard InChI is InChI=1S/C13H13N3O3S/c1-16-8-9(7-15-16)6-14-13(19)11-4-2-10(20-11)3-5-12(17)18/h2-5,7-8H,6H2,1H3,(H,14,19)(H,17,18). The van der Waals surface area contributed by atoms with Crippen molar-refractivity contribution >= 4 is 29.3 Å². The average molecular weight is 291 g/mol. The minimum atomic E-state index is -1.01. The molecule has 0 aliphatic rings. The number of aromatic nitrogens is 2. The van der Waals surface area contributed by atoms with Gasteiger partial charge in [-0.3, -0.25) is 9.48 Å². The zero-order valence-corrected chi connectivity index (χ0v) is 11.6. The quantitative estimate of drug-likeness (QED) is 0.818. The Hall–Kier alpha value is -2.41. The molecule has 0 aliphatic carbocycles. The van der Waals surface area contributed by atoms with Crippen molar-refractivity contribution in [3.63, 3.8) is 0 Å². The largest absolute Gasteiger partial charge is 0.478 e. The van der Waals surface area contributed by atoms with E-state index in [4.69, 9.17) is 5.11 Å². The number of carboxylic acid groups (broad SMARTS) is 1. The summed E-state index contributed by atoms with van der Waals surface area (Å²) in [6.07, 6.45) is 6.03. The van der Waals surface area contributed by atoms with Gasteiger partial charge in [0.2, 0.25) is 0 Å². The van der Waals surface area contributed by atoms with Gasteiger partial charge in [0.25, 0.3) is 5.91 Å². The fraction of sp³-hybridized carbons (Fsp3) is 0.154. The Morgan fingerprint density at radius 3 is 2.95 bits per heavy atom. The summed E-state index contributed by atoms with van der Waals surface area (Å²) in [5, 5.41) is 15.3. The summed E-state index contributed by atoms with van der Waals surface area (Å²) in [6, 6.07) is 3.38. The summed E-state index contributed by atoms with van der Waals surface area (Å²) < 4.78 is 1.67. The van der Waals surface area contributed by atoms with E-state index < -0.39 is 5.97 Å². The second-order valence-corrected chi connectivity index (χ2v) is 5.19. The highest BCUT2D eigenvalue weighted by Crippen LogP contribution is 2.18. The van der Waals surface area contributed by atoms with Crippen LogP contribution in [-0.2, 0) is 18.4 Å². The molecule has 0 aliphatic heterocycles. The van der Waals surface area contributed by atoms with E-state index in [9.17, 15) is 9.59 Å². The molecule has 2 heterocycles. The van der Waals surface area contributed by atoms with E-state index in [-0.39, 0.29) is 5.91 Å². The monoisotopic (exact) mass is 291 g/mol. The third-order valence-corrected chi connectivity index (χ3v) is 3.50. The van der Waals surface area contributed by atoms with Crippen molar-refractivity contribution in [1.82, 2.24) is 15.1 Å². The van der Waals surface area contributed by atoms with Gasteiger partial charge in [-0.05, 0) is 18.2 Å². The highest BCUT2D eigenvalue weighted by molar-refractivity contribution is 7.14. The molecular weight excluding hydrogens is 278 g/mol. The number of thiophene rings is 1. The van der Waals surface area contributed by atoms with Crippen LogP contribution in [0, 0.1) is 0 Å². The maximum absolute atomic E-state index is 11.9. The van der Waals surface area contributed by atoms with Crippen LogP contribution < -0.4 is 5.32 Å². The minimum absolute atomic E-state index is 0.186. The third kappa shape index (κ3) is 3.79. The molecule has 1 amide bonds. The highest BCUT2D eigenvalue weighted by Gasteiger charge is 2.08. The fourth-order valence-electron chi connectivity index (χ4n) is 1.55. The van der Waals surface area contributed by atoms with E-state index in [1.165, 1.54) is 17.4 Å². The lowest BCUT2D eigenvalue weighted by molar-refractivity contribution is -0.131. The lowest BCUT2D eigenvalue weighted by atomic mass is 10.3. The Kier molecular flexibility index (Phi) is 4.31. The van der Waals surface area contributed by atoms with Gasteiger partial charge in [0.1, 0.15) is 0 Å². The fourth-order valence-corrected chi connectivity index (χ4v) is 2.38. The van der Waals surface area contributed by atoms with E-state index in [0.29, 0.717) is 11.4 Å². The molecule has 7 heteroatoms. The SMILES string of the molecule is Cn1cc(CNC(=O)c2ccc(C=CC(=O)O)s2)cn1. The van der Waals surface area contributed by atoms with Gasteiger partial charge >= 0.3 is 5.97 Å². The summed E-state index contributed by atoms with van der Waals surface area (Å²) in [4.78, 5) is 23.6. The molecule has 0 aromatic carbocycles. The van der Waals surface area contributed by atoms with Crippen molar-refractivity contribution in [2.45, 2.75) is 6.54 Å². The number of hydrogen-bond acceptors (Lipinski definition) is 4. The Balaban J connectivity index is 1.94. The summed E-state index contributed by atoms with van der Waals surface area (Å²) in [5.41, 5.74) is 0.920. The van der Waals surface area contributed by atoms with Crippen molar-refractivity contribution in [2.75, 3.05) is 0 Å². The van der Waals surface area contributed by atoms with Crippen LogP contribution in [0.4, 0.5) is 0 Å². The third-order valence-electron chi connectivity index (χ3n) is 2.45. The molecule has 0 saturated carbocycles. The Labute approximate surface area is 119 Å². The lowest BCUT2D eigenvalue weighted by Gasteiger charge is -2.00.